The molecule has 0 unspecified atom stereocenters. The fourth-order valence-corrected chi connectivity index (χ4v) is 1.65. The van der Waals surface area contributed by atoms with Crippen LogP contribution in [0.1, 0.15) is 26.1 Å². The Bertz CT molecular complexity index is 544. The molecule has 0 spiro atoms. The SMILES string of the molecule is Cc1nc2ccc(NC(=O)CC(C)C)cn2n1. The average molecular weight is 232 g/mol. The second-order valence-electron chi connectivity index (χ2n) is 4.53. The van der Waals surface area contributed by atoms with E-state index in [2.05, 4.69) is 15.4 Å². The molecule has 2 aromatic rings. The first-order valence-corrected chi connectivity index (χ1v) is 5.67. The number of fused-ring (bicyclic) bond motifs is 1. The van der Waals surface area contributed by atoms with Crippen molar-refractivity contribution in [3.05, 3.63) is 24.2 Å². The summed E-state index contributed by atoms with van der Waals surface area (Å²) in [5.74, 6) is 1.10. The highest BCUT2D eigenvalue weighted by Gasteiger charge is 2.06. The number of nitrogens with one attached hydrogen (secondary N) is 1. The van der Waals surface area contributed by atoms with Crippen LogP contribution in [-0.4, -0.2) is 20.5 Å². The van der Waals surface area contributed by atoms with Gasteiger partial charge in [-0.3, -0.25) is 4.79 Å². The molecule has 2 heterocycles. The molecule has 0 aromatic carbocycles. The summed E-state index contributed by atoms with van der Waals surface area (Å²) in [4.78, 5) is 15.8. The molecule has 1 N–H and O–H groups in total. The van der Waals surface area contributed by atoms with Gasteiger partial charge in [0.15, 0.2) is 5.65 Å². The summed E-state index contributed by atoms with van der Waals surface area (Å²) in [6.45, 7) is 5.87. The van der Waals surface area contributed by atoms with Gasteiger partial charge < -0.3 is 5.32 Å². The predicted octanol–water partition coefficient (Wildman–Crippen LogP) is 2.02. The number of nitrogens with zero attached hydrogens (tertiary/aromatic N) is 3. The van der Waals surface area contributed by atoms with Gasteiger partial charge in [0.2, 0.25) is 5.91 Å². The van der Waals surface area contributed by atoms with E-state index in [1.807, 2.05) is 32.9 Å². The Morgan fingerprint density at radius 2 is 2.24 bits per heavy atom. The Morgan fingerprint density at radius 1 is 1.47 bits per heavy atom. The lowest BCUT2D eigenvalue weighted by Gasteiger charge is -2.06. The van der Waals surface area contributed by atoms with E-state index < -0.39 is 0 Å². The van der Waals surface area contributed by atoms with Crippen molar-refractivity contribution in [1.82, 2.24) is 14.6 Å². The van der Waals surface area contributed by atoms with E-state index in [9.17, 15) is 4.79 Å². The standard InChI is InChI=1S/C12H16N4O/c1-8(2)6-12(17)14-10-4-5-11-13-9(3)15-16(11)7-10/h4-5,7-8H,6H2,1-3H3,(H,14,17). The van der Waals surface area contributed by atoms with Crippen LogP contribution in [0.15, 0.2) is 18.3 Å². The van der Waals surface area contributed by atoms with Crippen LogP contribution in [0.5, 0.6) is 0 Å². The first kappa shape index (κ1) is 11.6. The molecule has 0 aliphatic rings. The molecule has 0 aliphatic carbocycles. The number of hydrogen-bond donors (Lipinski definition) is 1. The number of aromatic nitrogens is 3. The number of amides is 1. The van der Waals surface area contributed by atoms with Crippen LogP contribution in [0.3, 0.4) is 0 Å². The minimum atomic E-state index is 0.0242. The zero-order valence-corrected chi connectivity index (χ0v) is 10.3. The molecule has 5 nitrogen and oxygen atoms in total. The van der Waals surface area contributed by atoms with Gasteiger partial charge in [-0.15, -0.1) is 0 Å². The maximum Gasteiger partial charge on any atom is 0.224 e. The van der Waals surface area contributed by atoms with Crippen molar-refractivity contribution >= 4 is 17.2 Å². The molecule has 90 valence electrons. The molecule has 0 aliphatic heterocycles. The van der Waals surface area contributed by atoms with Crippen molar-refractivity contribution in [2.75, 3.05) is 5.32 Å². The van der Waals surface area contributed by atoms with Gasteiger partial charge in [-0.2, -0.15) is 5.10 Å². The number of rotatable bonds is 3. The van der Waals surface area contributed by atoms with Crippen molar-refractivity contribution in [3.63, 3.8) is 0 Å². The zero-order chi connectivity index (χ0) is 12.4. The third kappa shape index (κ3) is 2.81. The van der Waals surface area contributed by atoms with Crippen molar-refractivity contribution in [1.29, 1.82) is 0 Å². The van der Waals surface area contributed by atoms with E-state index in [0.717, 1.165) is 17.2 Å². The molecule has 0 fully saturated rings. The predicted molar refractivity (Wildman–Crippen MR) is 65.8 cm³/mol. The van der Waals surface area contributed by atoms with Crippen LogP contribution in [0, 0.1) is 12.8 Å². The van der Waals surface area contributed by atoms with E-state index >= 15 is 0 Å². The molecule has 0 saturated heterocycles. The molecule has 17 heavy (non-hydrogen) atoms. The normalized spacial score (nSPS) is 11.1. The number of anilines is 1. The third-order valence-corrected chi connectivity index (χ3v) is 2.31. The van der Waals surface area contributed by atoms with E-state index in [-0.39, 0.29) is 5.91 Å². The minimum absolute atomic E-state index is 0.0242. The maximum atomic E-state index is 11.6. The van der Waals surface area contributed by atoms with Crippen LogP contribution in [0.25, 0.3) is 5.65 Å². The summed E-state index contributed by atoms with van der Waals surface area (Å²) in [6, 6.07) is 3.67. The Kier molecular flexibility index (Phi) is 3.08. The first-order chi connectivity index (χ1) is 8.04. The van der Waals surface area contributed by atoms with E-state index in [4.69, 9.17) is 0 Å². The van der Waals surface area contributed by atoms with Gasteiger partial charge in [-0.1, -0.05) is 13.8 Å². The molecule has 0 radical (unpaired) electrons. The summed E-state index contributed by atoms with van der Waals surface area (Å²) in [7, 11) is 0. The highest BCUT2D eigenvalue weighted by atomic mass is 16.1. The summed E-state index contributed by atoms with van der Waals surface area (Å²) >= 11 is 0. The molecular weight excluding hydrogens is 216 g/mol. The smallest absolute Gasteiger partial charge is 0.224 e. The molecule has 5 heteroatoms. The average Bonchev–Trinajstić information content (AvgIpc) is 2.55. The molecule has 0 saturated carbocycles. The second-order valence-corrected chi connectivity index (χ2v) is 4.53. The van der Waals surface area contributed by atoms with Gasteiger partial charge in [0.1, 0.15) is 5.82 Å². The summed E-state index contributed by atoms with van der Waals surface area (Å²) in [5, 5.41) is 7.04. The highest BCUT2D eigenvalue weighted by Crippen LogP contribution is 2.11. The minimum Gasteiger partial charge on any atom is -0.325 e. The second kappa shape index (κ2) is 4.53. The van der Waals surface area contributed by atoms with Crippen LogP contribution in [0.2, 0.25) is 0 Å². The Labute approximate surface area is 99.9 Å². The molecular formula is C12H16N4O. The van der Waals surface area contributed by atoms with Crippen molar-refractivity contribution < 1.29 is 4.79 Å². The number of carbonyl (C=O) groups is 1. The van der Waals surface area contributed by atoms with Crippen molar-refractivity contribution in [2.45, 2.75) is 27.2 Å². The number of hydrogen-bond acceptors (Lipinski definition) is 3. The lowest BCUT2D eigenvalue weighted by molar-refractivity contribution is -0.116. The van der Waals surface area contributed by atoms with E-state index in [1.165, 1.54) is 0 Å². The van der Waals surface area contributed by atoms with Gasteiger partial charge >= 0.3 is 0 Å². The Balaban J connectivity index is 2.16. The lowest BCUT2D eigenvalue weighted by Crippen LogP contribution is -2.14. The fourth-order valence-electron chi connectivity index (χ4n) is 1.65. The fraction of sp³-hybridized carbons (Fsp3) is 0.417. The largest absolute Gasteiger partial charge is 0.325 e. The van der Waals surface area contributed by atoms with Crippen LogP contribution < -0.4 is 5.32 Å². The molecule has 0 bridgehead atoms. The Hall–Kier alpha value is -1.91. The first-order valence-electron chi connectivity index (χ1n) is 5.67. The van der Waals surface area contributed by atoms with Gasteiger partial charge in [-0.25, -0.2) is 9.50 Å². The van der Waals surface area contributed by atoms with E-state index in [0.29, 0.717) is 12.3 Å². The maximum absolute atomic E-state index is 11.6. The van der Waals surface area contributed by atoms with Gasteiger partial charge in [0, 0.05) is 6.42 Å². The summed E-state index contributed by atoms with van der Waals surface area (Å²) in [5.41, 5.74) is 1.53. The number of carbonyl (C=O) groups excluding carboxylic acids is 1. The molecule has 2 rings (SSSR count). The molecule has 0 atom stereocenters. The van der Waals surface area contributed by atoms with E-state index in [1.54, 1.807) is 10.7 Å². The summed E-state index contributed by atoms with van der Waals surface area (Å²) < 4.78 is 1.67. The number of pyridine rings is 1. The lowest BCUT2D eigenvalue weighted by atomic mass is 10.1. The van der Waals surface area contributed by atoms with Gasteiger partial charge in [0.05, 0.1) is 11.9 Å². The van der Waals surface area contributed by atoms with Gasteiger partial charge in [-0.05, 0) is 25.0 Å². The topological polar surface area (TPSA) is 59.3 Å². The molecule has 1 amide bonds. The zero-order valence-electron chi connectivity index (χ0n) is 10.3. The Morgan fingerprint density at radius 3 is 2.94 bits per heavy atom. The van der Waals surface area contributed by atoms with Crippen LogP contribution in [0.4, 0.5) is 5.69 Å². The quantitative estimate of drug-likeness (QED) is 0.880. The van der Waals surface area contributed by atoms with Gasteiger partial charge in [0.25, 0.3) is 0 Å². The van der Waals surface area contributed by atoms with Crippen LogP contribution >= 0.6 is 0 Å². The third-order valence-electron chi connectivity index (χ3n) is 2.31. The molecule has 2 aromatic heterocycles. The highest BCUT2D eigenvalue weighted by molar-refractivity contribution is 5.90. The van der Waals surface area contributed by atoms with Crippen LogP contribution in [-0.2, 0) is 4.79 Å². The van der Waals surface area contributed by atoms with Crippen molar-refractivity contribution in [2.24, 2.45) is 5.92 Å². The summed E-state index contributed by atoms with van der Waals surface area (Å²) in [6.07, 6.45) is 2.29. The van der Waals surface area contributed by atoms with Crippen molar-refractivity contribution in [3.8, 4) is 0 Å². The number of aryl methyl sites for hydroxylation is 1. The monoisotopic (exact) mass is 232 g/mol.